The van der Waals surface area contributed by atoms with Crippen molar-refractivity contribution < 1.29 is 136 Å². The lowest BCUT2D eigenvalue weighted by atomic mass is 9.85. The van der Waals surface area contributed by atoms with Crippen LogP contribution < -0.4 is 0 Å². The highest BCUT2D eigenvalue weighted by Gasteiger charge is 3.02. The van der Waals surface area contributed by atoms with Gasteiger partial charge < -0.3 is 0 Å². The lowest BCUT2D eigenvalue weighted by molar-refractivity contribution is -0.481. The molecule has 0 rings (SSSR count). The van der Waals surface area contributed by atoms with Crippen LogP contribution in [-0.4, -0.2) is 89.9 Å². The molecule has 0 radical (unpaired) electrons. The van der Waals surface area contributed by atoms with Gasteiger partial charge in [0.25, 0.3) is 0 Å². The fourth-order valence-electron chi connectivity index (χ4n) is 2.69. The third-order valence-corrected chi connectivity index (χ3v) is 10.3. The summed E-state index contributed by atoms with van der Waals surface area (Å²) in [6.07, 6.45) is -8.34. The van der Waals surface area contributed by atoms with Gasteiger partial charge in [-0.25, -0.2) is 8.78 Å². The van der Waals surface area contributed by atoms with Gasteiger partial charge in [0.05, 0.1) is 0 Å². The second-order valence-corrected chi connectivity index (χ2v) is 13.2. The Morgan fingerprint density at radius 2 is 0.383 bits per heavy atom. The van der Waals surface area contributed by atoms with Crippen molar-refractivity contribution in [2.45, 2.75) is 82.5 Å². The molecule has 0 amide bonds. The molecule has 0 spiro atoms. The van der Waals surface area contributed by atoms with E-state index in [0.29, 0.717) is 0 Å². The van der Waals surface area contributed by atoms with Crippen LogP contribution in [0.1, 0.15) is 0 Å². The standard InChI is InChI=1S/C14ClF31Si/c15-47(13(41,42)43,14(44,45)46)12(39,40)10(34,35)8(30,31)6(26,27)4(22,23)2(18,19)1(16,17)3(20,21)5(24,25)7(28,29)9(32,33)11(36,37)38. The lowest BCUT2D eigenvalue weighted by Gasteiger charge is -2.46. The average Bonchev–Trinajstić information content (AvgIpc) is 2.79. The molecule has 0 nitrogen and oxygen atoms in total. The van der Waals surface area contributed by atoms with E-state index in [4.69, 9.17) is 0 Å². The van der Waals surface area contributed by atoms with Gasteiger partial charge >= 0.3 is 89.9 Å². The van der Waals surface area contributed by atoms with Crippen LogP contribution in [0.5, 0.6) is 0 Å². The molecule has 33 heteroatoms. The Balaban J connectivity index is 7.72. The van der Waals surface area contributed by atoms with Crippen molar-refractivity contribution in [1.82, 2.24) is 0 Å². The van der Waals surface area contributed by atoms with Crippen molar-refractivity contribution in [2.24, 2.45) is 0 Å². The Morgan fingerprint density at radius 3 is 0.532 bits per heavy atom. The number of hydrogen-bond acceptors (Lipinski definition) is 0. The second kappa shape index (κ2) is 10.7. The van der Waals surface area contributed by atoms with E-state index in [0.717, 1.165) is 0 Å². The van der Waals surface area contributed by atoms with E-state index in [9.17, 15) is 136 Å². The van der Waals surface area contributed by atoms with Crippen molar-refractivity contribution in [1.29, 1.82) is 0 Å². The minimum Gasteiger partial charge on any atom is -0.202 e. The summed E-state index contributed by atoms with van der Waals surface area (Å²) in [6, 6.07) is 0. The minimum absolute atomic E-state index is 3.35. The summed E-state index contributed by atoms with van der Waals surface area (Å²) < 4.78 is 409. The van der Waals surface area contributed by atoms with Gasteiger partial charge in [-0.05, 0) is 0 Å². The van der Waals surface area contributed by atoms with Crippen LogP contribution in [0, 0.1) is 0 Å². The van der Waals surface area contributed by atoms with E-state index < -0.39 is 89.9 Å². The highest BCUT2D eigenvalue weighted by molar-refractivity contribution is 7.23. The smallest absolute Gasteiger partial charge is 0.202 e. The van der Waals surface area contributed by atoms with Crippen LogP contribution in [0.3, 0.4) is 0 Å². The van der Waals surface area contributed by atoms with E-state index in [1.54, 1.807) is 0 Å². The number of halogens is 32. The number of rotatable bonds is 11. The molecule has 0 fully saturated rings. The predicted octanol–water partition coefficient (Wildman–Crippen LogP) is 10.5. The van der Waals surface area contributed by atoms with Gasteiger partial charge in [-0.15, -0.1) is 11.1 Å². The first-order valence-corrected chi connectivity index (χ1v) is 12.6. The largest absolute Gasteiger partial charge is 0.479 e. The van der Waals surface area contributed by atoms with Crippen LogP contribution in [-0.2, 0) is 0 Å². The summed E-state index contributed by atoms with van der Waals surface area (Å²) in [6.45, 7) is 0. The summed E-state index contributed by atoms with van der Waals surface area (Å²) in [5, 5.41) is 0. The molecule has 0 aliphatic heterocycles. The van der Waals surface area contributed by atoms with Crippen molar-refractivity contribution in [3.05, 3.63) is 0 Å². The van der Waals surface area contributed by atoms with E-state index in [1.807, 2.05) is 0 Å². The molecule has 0 unspecified atom stereocenters. The van der Waals surface area contributed by atoms with E-state index in [-0.39, 0.29) is 0 Å². The molecule has 0 bridgehead atoms. The van der Waals surface area contributed by atoms with Gasteiger partial charge in [0, 0.05) is 0 Å². The van der Waals surface area contributed by atoms with Gasteiger partial charge in [0.1, 0.15) is 0 Å². The zero-order valence-electron chi connectivity index (χ0n) is 19.6. The van der Waals surface area contributed by atoms with Crippen LogP contribution in [0.4, 0.5) is 136 Å². The number of hydrogen-bond donors (Lipinski definition) is 0. The summed E-state index contributed by atoms with van der Waals surface area (Å²) in [4.78, 5) is 0. The van der Waals surface area contributed by atoms with Gasteiger partial charge in [-0.1, -0.05) is 0 Å². The van der Waals surface area contributed by atoms with Crippen LogP contribution in [0.15, 0.2) is 0 Å². The van der Waals surface area contributed by atoms with E-state index >= 15 is 0 Å². The van der Waals surface area contributed by atoms with Gasteiger partial charge in [0.15, 0.2) is 0 Å². The van der Waals surface area contributed by atoms with Gasteiger partial charge in [-0.2, -0.15) is 127 Å². The topological polar surface area (TPSA) is 0 Å². The Morgan fingerprint density at radius 1 is 0.234 bits per heavy atom. The monoisotopic (exact) mass is 820 g/mol. The second-order valence-electron chi connectivity index (χ2n) is 8.47. The molecule has 284 valence electrons. The Bertz CT molecular complexity index is 1130. The first-order chi connectivity index (χ1) is 19.5. The quantitative estimate of drug-likeness (QED) is 0.111. The average molecular weight is 821 g/mol. The summed E-state index contributed by atoms with van der Waals surface area (Å²) in [7, 11) is -10.4. The Kier molecular flexibility index (Phi) is 10.3. The molecule has 0 N–H and O–H groups in total. The van der Waals surface area contributed by atoms with Crippen molar-refractivity contribution in [3.63, 3.8) is 0 Å². The van der Waals surface area contributed by atoms with Crippen LogP contribution in [0.25, 0.3) is 0 Å². The first kappa shape index (κ1) is 45.3. The SMILES string of the molecule is FC(F)(F)C(F)(F)C(F)(F)C(F)(F)C(F)(F)C(F)(F)C(F)(F)C(F)(F)C(F)(F)C(F)(F)C(F)(F)C(F)(F)[Si](Cl)(C(F)(F)F)C(F)(F)F. The molecular formula is C14ClF31Si. The molecule has 0 heterocycles. The van der Waals surface area contributed by atoms with E-state index in [2.05, 4.69) is 11.1 Å². The van der Waals surface area contributed by atoms with Gasteiger partial charge in [0.2, 0.25) is 0 Å². The lowest BCUT2D eigenvalue weighted by Crippen LogP contribution is -2.81. The molecule has 0 aromatic heterocycles. The highest BCUT2D eigenvalue weighted by atomic mass is 35.6. The molecule has 0 aliphatic rings. The molecule has 0 aromatic carbocycles. The van der Waals surface area contributed by atoms with E-state index in [1.165, 1.54) is 0 Å². The Hall–Kier alpha value is -1.66. The molecule has 0 aliphatic carbocycles. The number of alkyl halides is 31. The molecule has 0 saturated carbocycles. The third kappa shape index (κ3) is 5.14. The maximum absolute atomic E-state index is 13.8. The molecule has 0 saturated heterocycles. The fraction of sp³-hybridized carbons (Fsp3) is 1.00. The van der Waals surface area contributed by atoms with Crippen molar-refractivity contribution in [2.75, 3.05) is 0 Å². The summed E-state index contributed by atoms with van der Waals surface area (Å²) in [5.74, 6) is -114. The predicted molar refractivity (Wildman–Crippen MR) is 84.2 cm³/mol. The Labute approximate surface area is 238 Å². The molecular weight excluding hydrogens is 821 g/mol. The maximum Gasteiger partial charge on any atom is 0.479 e. The maximum atomic E-state index is 13.8. The minimum atomic E-state index is -10.4. The summed E-state index contributed by atoms with van der Waals surface area (Å²) in [5.41, 5.74) is -9.21. The van der Waals surface area contributed by atoms with Crippen LogP contribution in [0.2, 0.25) is 0 Å². The molecule has 47 heavy (non-hydrogen) atoms. The normalized spacial score (nSPS) is 17.4. The fourth-order valence-corrected chi connectivity index (χ4v) is 4.66. The summed E-state index contributed by atoms with van der Waals surface area (Å²) >= 11 is 3.35. The zero-order chi connectivity index (χ0) is 39.5. The highest BCUT2D eigenvalue weighted by Crippen LogP contribution is 2.69. The zero-order valence-corrected chi connectivity index (χ0v) is 21.4. The van der Waals surface area contributed by atoms with Crippen LogP contribution >= 0.6 is 11.1 Å². The molecule has 0 atom stereocenters. The third-order valence-electron chi connectivity index (χ3n) is 5.51. The van der Waals surface area contributed by atoms with Crippen molar-refractivity contribution in [3.8, 4) is 0 Å². The molecule has 0 aromatic rings. The van der Waals surface area contributed by atoms with Crippen molar-refractivity contribution >= 4 is 18.5 Å². The van der Waals surface area contributed by atoms with Gasteiger partial charge in [-0.3, -0.25) is 0 Å². The first-order valence-electron chi connectivity index (χ1n) is 9.55.